The molecule has 140 valence electrons. The lowest BCUT2D eigenvalue weighted by atomic mass is 10.1. The predicted octanol–water partition coefficient (Wildman–Crippen LogP) is 1.45. The van der Waals surface area contributed by atoms with Crippen LogP contribution in [0.2, 0.25) is 0 Å². The van der Waals surface area contributed by atoms with Crippen LogP contribution in [0, 0.1) is 0 Å². The van der Waals surface area contributed by atoms with Crippen LogP contribution in [0.3, 0.4) is 0 Å². The van der Waals surface area contributed by atoms with Crippen LogP contribution in [-0.2, 0) is 27.6 Å². The maximum absolute atomic E-state index is 12.9. The molecule has 1 amide bonds. The summed E-state index contributed by atoms with van der Waals surface area (Å²) < 4.78 is 31.2. The lowest BCUT2D eigenvalue weighted by Gasteiger charge is -2.35. The highest BCUT2D eigenvalue weighted by Gasteiger charge is 2.35. The molecule has 1 aromatic carbocycles. The maximum atomic E-state index is 12.9. The largest absolute Gasteiger partial charge is 0.497 e. The number of carbonyl (C=O) groups is 1. The SMILES string of the molecule is CCn1cc([C@@H]2CS(=O)(=O)CCN2C(=O)Cc2cccc(OC)c2)cn1. The van der Waals surface area contributed by atoms with Gasteiger partial charge in [-0.15, -0.1) is 0 Å². The molecule has 2 heterocycles. The lowest BCUT2D eigenvalue weighted by Crippen LogP contribution is -2.46. The summed E-state index contributed by atoms with van der Waals surface area (Å²) in [7, 11) is -1.60. The number of ether oxygens (including phenoxy) is 1. The number of rotatable bonds is 5. The molecule has 1 aliphatic rings. The zero-order valence-corrected chi connectivity index (χ0v) is 15.8. The zero-order valence-electron chi connectivity index (χ0n) is 15.0. The number of benzene rings is 1. The van der Waals surface area contributed by atoms with Crippen LogP contribution in [-0.4, -0.2) is 54.2 Å². The van der Waals surface area contributed by atoms with Gasteiger partial charge in [-0.05, 0) is 24.6 Å². The third-order valence-electron chi connectivity index (χ3n) is 4.60. The fraction of sp³-hybridized carbons (Fsp3) is 0.444. The predicted molar refractivity (Wildman–Crippen MR) is 97.7 cm³/mol. The summed E-state index contributed by atoms with van der Waals surface area (Å²) >= 11 is 0. The first kappa shape index (κ1) is 18.4. The second-order valence-electron chi connectivity index (χ2n) is 6.37. The molecule has 1 aliphatic heterocycles. The van der Waals surface area contributed by atoms with Gasteiger partial charge in [0.1, 0.15) is 5.75 Å². The van der Waals surface area contributed by atoms with E-state index in [-0.39, 0.29) is 30.4 Å². The second kappa shape index (κ2) is 7.49. The number of aromatic nitrogens is 2. The Morgan fingerprint density at radius 1 is 1.38 bits per heavy atom. The number of nitrogens with zero attached hydrogens (tertiary/aromatic N) is 3. The van der Waals surface area contributed by atoms with Crippen molar-refractivity contribution in [2.24, 2.45) is 0 Å². The van der Waals surface area contributed by atoms with Crippen LogP contribution in [0.5, 0.6) is 5.75 Å². The van der Waals surface area contributed by atoms with E-state index in [0.29, 0.717) is 12.3 Å². The molecular weight excluding hydrogens is 354 g/mol. The normalized spacial score (nSPS) is 19.3. The van der Waals surface area contributed by atoms with Gasteiger partial charge in [0.25, 0.3) is 0 Å². The number of carbonyl (C=O) groups excluding carboxylic acids is 1. The Bertz CT molecular complexity index is 891. The van der Waals surface area contributed by atoms with Gasteiger partial charge < -0.3 is 9.64 Å². The van der Waals surface area contributed by atoms with E-state index < -0.39 is 15.9 Å². The van der Waals surface area contributed by atoms with Crippen LogP contribution in [0.25, 0.3) is 0 Å². The molecule has 0 spiro atoms. The number of hydrogen-bond acceptors (Lipinski definition) is 5. The molecule has 0 N–H and O–H groups in total. The van der Waals surface area contributed by atoms with Gasteiger partial charge in [0.2, 0.25) is 5.91 Å². The highest BCUT2D eigenvalue weighted by Crippen LogP contribution is 2.27. The topological polar surface area (TPSA) is 81.5 Å². The number of aryl methyl sites for hydroxylation is 1. The van der Waals surface area contributed by atoms with E-state index in [1.54, 1.807) is 22.9 Å². The van der Waals surface area contributed by atoms with Gasteiger partial charge in [-0.2, -0.15) is 5.10 Å². The molecule has 1 fully saturated rings. The van der Waals surface area contributed by atoms with Gasteiger partial charge in [-0.25, -0.2) is 8.42 Å². The van der Waals surface area contributed by atoms with Gasteiger partial charge in [0, 0.05) is 24.8 Å². The monoisotopic (exact) mass is 377 g/mol. The summed E-state index contributed by atoms with van der Waals surface area (Å²) in [6, 6.07) is 6.86. The van der Waals surface area contributed by atoms with Crippen molar-refractivity contribution in [1.29, 1.82) is 0 Å². The molecule has 1 saturated heterocycles. The molecule has 1 atom stereocenters. The Balaban J connectivity index is 1.83. The second-order valence-corrected chi connectivity index (χ2v) is 8.60. The Kier molecular flexibility index (Phi) is 5.31. The fourth-order valence-corrected chi connectivity index (χ4v) is 4.66. The average Bonchev–Trinajstić information content (AvgIpc) is 3.10. The Hall–Kier alpha value is -2.35. The molecule has 7 nitrogen and oxygen atoms in total. The van der Waals surface area contributed by atoms with Crippen molar-refractivity contribution in [2.45, 2.75) is 25.9 Å². The van der Waals surface area contributed by atoms with Gasteiger partial charge in [-0.1, -0.05) is 12.1 Å². The molecule has 0 bridgehead atoms. The third kappa shape index (κ3) is 4.07. The molecule has 2 aromatic rings. The first-order valence-corrected chi connectivity index (χ1v) is 10.4. The van der Waals surface area contributed by atoms with Gasteiger partial charge in [0.15, 0.2) is 9.84 Å². The van der Waals surface area contributed by atoms with E-state index in [4.69, 9.17) is 4.74 Å². The molecular formula is C18H23N3O4S. The van der Waals surface area contributed by atoms with E-state index in [2.05, 4.69) is 5.10 Å². The summed E-state index contributed by atoms with van der Waals surface area (Å²) in [5.74, 6) is 0.529. The van der Waals surface area contributed by atoms with E-state index in [1.165, 1.54) is 0 Å². The Morgan fingerprint density at radius 2 is 2.19 bits per heavy atom. The Morgan fingerprint density at radius 3 is 2.88 bits per heavy atom. The van der Waals surface area contributed by atoms with Gasteiger partial charge >= 0.3 is 0 Å². The van der Waals surface area contributed by atoms with E-state index in [1.807, 2.05) is 37.4 Å². The summed E-state index contributed by atoms with van der Waals surface area (Å²) in [5, 5.41) is 4.23. The van der Waals surface area contributed by atoms with E-state index in [9.17, 15) is 13.2 Å². The molecule has 1 aromatic heterocycles. The van der Waals surface area contributed by atoms with Crippen molar-refractivity contribution in [1.82, 2.24) is 14.7 Å². The lowest BCUT2D eigenvalue weighted by molar-refractivity contribution is -0.132. The standard InChI is InChI=1S/C18H23N3O4S/c1-3-20-12-15(11-19-20)17-13-26(23,24)8-7-21(17)18(22)10-14-5-4-6-16(9-14)25-2/h4-6,9,11-12,17H,3,7-8,10,13H2,1-2H3/t17-/m0/s1. The van der Waals surface area contributed by atoms with Gasteiger partial charge in [-0.3, -0.25) is 9.48 Å². The molecule has 0 radical (unpaired) electrons. The summed E-state index contributed by atoms with van der Waals surface area (Å²) in [5.41, 5.74) is 1.60. The number of hydrogen-bond donors (Lipinski definition) is 0. The number of methoxy groups -OCH3 is 1. The minimum absolute atomic E-state index is 0.00470. The van der Waals surface area contributed by atoms with Crippen LogP contribution in [0.15, 0.2) is 36.7 Å². The molecule has 0 aliphatic carbocycles. The van der Waals surface area contributed by atoms with Crippen molar-refractivity contribution in [3.8, 4) is 5.75 Å². The first-order valence-electron chi connectivity index (χ1n) is 8.57. The molecule has 8 heteroatoms. The first-order chi connectivity index (χ1) is 12.4. The summed E-state index contributed by atoms with van der Waals surface area (Å²) in [6.07, 6.45) is 3.67. The minimum Gasteiger partial charge on any atom is -0.497 e. The molecule has 0 saturated carbocycles. The van der Waals surface area contributed by atoms with Crippen molar-refractivity contribution in [2.75, 3.05) is 25.2 Å². The average molecular weight is 377 g/mol. The highest BCUT2D eigenvalue weighted by atomic mass is 32.2. The quantitative estimate of drug-likeness (QED) is 0.788. The number of sulfone groups is 1. The van der Waals surface area contributed by atoms with Crippen molar-refractivity contribution >= 4 is 15.7 Å². The van der Waals surface area contributed by atoms with Crippen LogP contribution in [0.1, 0.15) is 24.1 Å². The summed E-state index contributed by atoms with van der Waals surface area (Å²) in [6.45, 7) is 2.85. The van der Waals surface area contributed by atoms with E-state index >= 15 is 0 Å². The molecule has 3 rings (SSSR count). The summed E-state index contributed by atoms with van der Waals surface area (Å²) in [4.78, 5) is 14.6. The number of amides is 1. The smallest absolute Gasteiger partial charge is 0.227 e. The van der Waals surface area contributed by atoms with Crippen LogP contribution in [0.4, 0.5) is 0 Å². The van der Waals surface area contributed by atoms with E-state index in [0.717, 1.165) is 11.1 Å². The van der Waals surface area contributed by atoms with Crippen molar-refractivity contribution in [3.63, 3.8) is 0 Å². The fourth-order valence-electron chi connectivity index (χ4n) is 3.16. The Labute approximate surface area is 153 Å². The van der Waals surface area contributed by atoms with Crippen molar-refractivity contribution < 1.29 is 17.9 Å². The van der Waals surface area contributed by atoms with Crippen LogP contribution < -0.4 is 4.74 Å². The van der Waals surface area contributed by atoms with Gasteiger partial charge in [0.05, 0.1) is 37.3 Å². The third-order valence-corrected chi connectivity index (χ3v) is 6.23. The maximum Gasteiger partial charge on any atom is 0.227 e. The molecule has 26 heavy (non-hydrogen) atoms. The zero-order chi connectivity index (χ0) is 18.7. The van der Waals surface area contributed by atoms with Crippen molar-refractivity contribution in [3.05, 3.63) is 47.8 Å². The highest BCUT2D eigenvalue weighted by molar-refractivity contribution is 7.91. The molecule has 0 unspecified atom stereocenters. The minimum atomic E-state index is -3.18. The van der Waals surface area contributed by atoms with Crippen LogP contribution >= 0.6 is 0 Å².